The summed E-state index contributed by atoms with van der Waals surface area (Å²) in [6.45, 7) is -2.41. The fourth-order valence-electron chi connectivity index (χ4n) is 1.65. The van der Waals surface area contributed by atoms with Crippen molar-refractivity contribution in [1.82, 2.24) is 0 Å². The van der Waals surface area contributed by atoms with E-state index in [2.05, 4.69) is 26.0 Å². The van der Waals surface area contributed by atoms with Gasteiger partial charge in [0, 0.05) is 22.3 Å². The summed E-state index contributed by atoms with van der Waals surface area (Å²) in [5.41, 5.74) is 1.47. The van der Waals surface area contributed by atoms with Gasteiger partial charge in [-0.1, -0.05) is 15.9 Å². The van der Waals surface area contributed by atoms with Crippen LogP contribution in [0, 0.1) is 0 Å². The molecule has 106 valence electrons. The van der Waals surface area contributed by atoms with Crippen LogP contribution in [-0.2, 0) is 6.54 Å². The lowest BCUT2D eigenvalue weighted by atomic mass is 10.2. The summed E-state index contributed by atoms with van der Waals surface area (Å²) in [6.07, 6.45) is 0. The molecular formula is C14H12BrF2NO2. The van der Waals surface area contributed by atoms with E-state index in [1.165, 1.54) is 12.1 Å². The Morgan fingerprint density at radius 2 is 1.85 bits per heavy atom. The van der Waals surface area contributed by atoms with Gasteiger partial charge in [-0.2, -0.15) is 8.78 Å². The van der Waals surface area contributed by atoms with Crippen molar-refractivity contribution in [2.45, 2.75) is 13.2 Å². The molecule has 0 aliphatic heterocycles. The number of benzene rings is 2. The van der Waals surface area contributed by atoms with Gasteiger partial charge in [-0.25, -0.2) is 0 Å². The predicted octanol–water partition coefficient (Wildman–Crippen LogP) is 4.37. The maximum atomic E-state index is 12.0. The first-order valence-electron chi connectivity index (χ1n) is 5.81. The third-order valence-corrected chi connectivity index (χ3v) is 3.10. The number of ether oxygens (including phenoxy) is 1. The van der Waals surface area contributed by atoms with E-state index in [0.29, 0.717) is 6.54 Å². The van der Waals surface area contributed by atoms with E-state index >= 15 is 0 Å². The van der Waals surface area contributed by atoms with Crippen molar-refractivity contribution in [3.05, 3.63) is 52.5 Å². The number of rotatable bonds is 5. The van der Waals surface area contributed by atoms with Crippen LogP contribution < -0.4 is 10.1 Å². The molecule has 2 aromatic carbocycles. The van der Waals surface area contributed by atoms with E-state index in [4.69, 9.17) is 0 Å². The van der Waals surface area contributed by atoms with Crippen molar-refractivity contribution in [1.29, 1.82) is 0 Å². The Bertz CT molecular complexity index is 576. The minimum Gasteiger partial charge on any atom is -0.508 e. The Morgan fingerprint density at radius 3 is 2.50 bits per heavy atom. The first kappa shape index (κ1) is 14.6. The fraction of sp³-hybridized carbons (Fsp3) is 0.143. The molecule has 0 atom stereocenters. The molecule has 20 heavy (non-hydrogen) atoms. The fourth-order valence-corrected chi connectivity index (χ4v) is 2.06. The number of phenols is 1. The first-order valence-corrected chi connectivity index (χ1v) is 6.60. The number of phenolic OH excluding ortho intramolecular Hbond substituents is 1. The van der Waals surface area contributed by atoms with Gasteiger partial charge < -0.3 is 15.2 Å². The van der Waals surface area contributed by atoms with Crippen LogP contribution in [0.2, 0.25) is 0 Å². The highest BCUT2D eigenvalue weighted by atomic mass is 79.9. The molecule has 0 saturated carbocycles. The Kier molecular flexibility index (Phi) is 4.79. The average molecular weight is 344 g/mol. The molecule has 0 saturated heterocycles. The maximum absolute atomic E-state index is 12.0. The molecule has 0 aliphatic carbocycles. The molecule has 0 heterocycles. The van der Waals surface area contributed by atoms with Crippen LogP contribution in [0.15, 0.2) is 46.9 Å². The molecule has 2 rings (SSSR count). The lowest BCUT2D eigenvalue weighted by Crippen LogP contribution is -2.02. The summed E-state index contributed by atoms with van der Waals surface area (Å²) in [5, 5.41) is 12.8. The van der Waals surface area contributed by atoms with Gasteiger partial charge in [0.2, 0.25) is 0 Å². The molecule has 0 fully saturated rings. The second-order valence-electron chi connectivity index (χ2n) is 4.03. The smallest absolute Gasteiger partial charge is 0.387 e. The molecule has 0 aromatic heterocycles. The minimum atomic E-state index is -2.83. The number of nitrogens with one attached hydrogen (secondary N) is 1. The molecule has 0 unspecified atom stereocenters. The van der Waals surface area contributed by atoms with E-state index in [1.807, 2.05) is 0 Å². The van der Waals surface area contributed by atoms with Crippen LogP contribution in [0.1, 0.15) is 5.56 Å². The lowest BCUT2D eigenvalue weighted by molar-refractivity contribution is -0.0498. The van der Waals surface area contributed by atoms with Crippen LogP contribution in [-0.4, -0.2) is 11.7 Å². The molecule has 0 aliphatic rings. The van der Waals surface area contributed by atoms with E-state index in [1.54, 1.807) is 30.3 Å². The van der Waals surface area contributed by atoms with Crippen molar-refractivity contribution >= 4 is 21.6 Å². The zero-order valence-electron chi connectivity index (χ0n) is 10.3. The highest BCUT2D eigenvalue weighted by Gasteiger charge is 2.04. The minimum absolute atomic E-state index is 0.107. The predicted molar refractivity (Wildman–Crippen MR) is 76.2 cm³/mol. The highest BCUT2D eigenvalue weighted by Crippen LogP contribution is 2.23. The van der Waals surface area contributed by atoms with Crippen LogP contribution in [0.5, 0.6) is 11.5 Å². The van der Waals surface area contributed by atoms with Gasteiger partial charge in [0.1, 0.15) is 11.5 Å². The van der Waals surface area contributed by atoms with Gasteiger partial charge in [0.15, 0.2) is 0 Å². The van der Waals surface area contributed by atoms with E-state index in [0.717, 1.165) is 15.7 Å². The zero-order valence-corrected chi connectivity index (χ0v) is 11.9. The molecule has 2 aromatic rings. The molecule has 0 amide bonds. The SMILES string of the molecule is Oc1ccc(Br)cc1CNc1ccc(OC(F)F)cc1. The van der Waals surface area contributed by atoms with Crippen molar-refractivity contribution in [3.63, 3.8) is 0 Å². The second-order valence-corrected chi connectivity index (χ2v) is 4.95. The average Bonchev–Trinajstić information content (AvgIpc) is 2.41. The number of halogens is 3. The van der Waals surface area contributed by atoms with E-state index in [-0.39, 0.29) is 11.5 Å². The molecule has 3 nitrogen and oxygen atoms in total. The Hall–Kier alpha value is -1.82. The largest absolute Gasteiger partial charge is 0.508 e. The quantitative estimate of drug-likeness (QED) is 0.846. The molecule has 0 radical (unpaired) electrons. The maximum Gasteiger partial charge on any atom is 0.387 e. The number of hydrogen-bond acceptors (Lipinski definition) is 3. The van der Waals surface area contributed by atoms with Crippen LogP contribution in [0.25, 0.3) is 0 Å². The summed E-state index contributed by atoms with van der Waals surface area (Å²) < 4.78 is 29.1. The molecule has 0 bridgehead atoms. The van der Waals surface area contributed by atoms with Crippen LogP contribution >= 0.6 is 15.9 Å². The third kappa shape index (κ3) is 4.09. The molecule has 2 N–H and O–H groups in total. The second kappa shape index (κ2) is 6.56. The third-order valence-electron chi connectivity index (χ3n) is 2.60. The van der Waals surface area contributed by atoms with Gasteiger partial charge in [-0.15, -0.1) is 0 Å². The number of aromatic hydroxyl groups is 1. The van der Waals surface area contributed by atoms with Gasteiger partial charge in [-0.3, -0.25) is 0 Å². The summed E-state index contributed by atoms with van der Waals surface area (Å²) in [4.78, 5) is 0. The van der Waals surface area contributed by atoms with Gasteiger partial charge in [0.25, 0.3) is 0 Å². The van der Waals surface area contributed by atoms with E-state index in [9.17, 15) is 13.9 Å². The monoisotopic (exact) mass is 343 g/mol. The first-order chi connectivity index (χ1) is 9.54. The topological polar surface area (TPSA) is 41.5 Å². The van der Waals surface area contributed by atoms with Gasteiger partial charge in [0.05, 0.1) is 0 Å². The number of anilines is 1. The summed E-state index contributed by atoms with van der Waals surface area (Å²) >= 11 is 3.33. The standard InChI is InChI=1S/C14H12BrF2NO2/c15-10-1-6-13(19)9(7-10)8-18-11-2-4-12(5-3-11)20-14(16)17/h1-7,14,18-19H,8H2. The number of hydrogen-bond donors (Lipinski definition) is 2. The van der Waals surface area contributed by atoms with Crippen molar-refractivity contribution in [2.24, 2.45) is 0 Å². The Balaban J connectivity index is 1.98. The highest BCUT2D eigenvalue weighted by molar-refractivity contribution is 9.10. The van der Waals surface area contributed by atoms with Crippen molar-refractivity contribution in [3.8, 4) is 11.5 Å². The zero-order chi connectivity index (χ0) is 14.5. The summed E-state index contributed by atoms with van der Waals surface area (Å²) in [7, 11) is 0. The lowest BCUT2D eigenvalue weighted by Gasteiger charge is -2.10. The summed E-state index contributed by atoms with van der Waals surface area (Å²) in [5.74, 6) is 0.300. The van der Waals surface area contributed by atoms with Gasteiger partial charge in [-0.05, 0) is 42.5 Å². The van der Waals surface area contributed by atoms with Gasteiger partial charge >= 0.3 is 6.61 Å². The molecule has 6 heteroatoms. The Morgan fingerprint density at radius 1 is 1.15 bits per heavy atom. The Labute approximate surface area is 123 Å². The normalized spacial score (nSPS) is 10.6. The number of alkyl halides is 2. The van der Waals surface area contributed by atoms with Crippen LogP contribution in [0.4, 0.5) is 14.5 Å². The van der Waals surface area contributed by atoms with Crippen molar-refractivity contribution < 1.29 is 18.6 Å². The molecular weight excluding hydrogens is 332 g/mol. The van der Waals surface area contributed by atoms with Crippen LogP contribution in [0.3, 0.4) is 0 Å². The summed E-state index contributed by atoms with van der Waals surface area (Å²) in [6, 6.07) is 11.3. The molecule has 0 spiro atoms. The van der Waals surface area contributed by atoms with E-state index < -0.39 is 6.61 Å². The van der Waals surface area contributed by atoms with Crippen molar-refractivity contribution in [2.75, 3.05) is 5.32 Å².